The summed E-state index contributed by atoms with van der Waals surface area (Å²) in [5, 5.41) is 9.31. The highest BCUT2D eigenvalue weighted by atomic mass is 19.4. The summed E-state index contributed by atoms with van der Waals surface area (Å²) in [5.74, 6) is 0.618. The van der Waals surface area contributed by atoms with Crippen molar-refractivity contribution in [1.29, 1.82) is 5.26 Å². The van der Waals surface area contributed by atoms with Crippen LogP contribution in [-0.2, 0) is 6.18 Å². The van der Waals surface area contributed by atoms with Gasteiger partial charge in [0.25, 0.3) is 5.56 Å². The van der Waals surface area contributed by atoms with E-state index in [1.807, 2.05) is 0 Å². The molecular formula is C20H13F3N2O2. The van der Waals surface area contributed by atoms with E-state index in [4.69, 9.17) is 4.74 Å². The maximum atomic E-state index is 13.0. The van der Waals surface area contributed by atoms with Crippen LogP contribution in [0.5, 0.6) is 5.75 Å². The Balaban J connectivity index is 2.19. The van der Waals surface area contributed by atoms with E-state index in [-0.39, 0.29) is 16.7 Å². The van der Waals surface area contributed by atoms with Gasteiger partial charge in [-0.1, -0.05) is 12.1 Å². The first-order valence-corrected chi connectivity index (χ1v) is 7.83. The van der Waals surface area contributed by atoms with Gasteiger partial charge >= 0.3 is 6.18 Å². The molecule has 4 nitrogen and oxygen atoms in total. The number of pyridine rings is 1. The van der Waals surface area contributed by atoms with Crippen LogP contribution < -0.4 is 10.3 Å². The minimum atomic E-state index is -4.52. The molecule has 0 aliphatic heterocycles. The number of hydrogen-bond acceptors (Lipinski definition) is 3. The van der Waals surface area contributed by atoms with Crippen LogP contribution in [0.25, 0.3) is 22.4 Å². The highest BCUT2D eigenvalue weighted by Gasteiger charge is 2.30. The summed E-state index contributed by atoms with van der Waals surface area (Å²) in [4.78, 5) is 14.9. The molecule has 1 aromatic heterocycles. The van der Waals surface area contributed by atoms with Crippen molar-refractivity contribution >= 4 is 0 Å². The number of methoxy groups -OCH3 is 1. The van der Waals surface area contributed by atoms with Crippen molar-refractivity contribution in [3.8, 4) is 34.2 Å². The van der Waals surface area contributed by atoms with Crippen LogP contribution in [0.15, 0.2) is 59.4 Å². The third-order valence-corrected chi connectivity index (χ3v) is 4.05. The Bertz CT molecular complexity index is 1080. The van der Waals surface area contributed by atoms with Crippen LogP contribution in [0.4, 0.5) is 13.2 Å². The molecule has 0 atom stereocenters. The number of nitriles is 1. The lowest BCUT2D eigenvalue weighted by atomic mass is 9.97. The maximum Gasteiger partial charge on any atom is 0.416 e. The van der Waals surface area contributed by atoms with Gasteiger partial charge in [0, 0.05) is 11.3 Å². The molecule has 0 spiro atoms. The summed E-state index contributed by atoms with van der Waals surface area (Å²) in [6.07, 6.45) is -4.52. The Kier molecular flexibility index (Phi) is 4.74. The molecule has 2 aromatic carbocycles. The van der Waals surface area contributed by atoms with Gasteiger partial charge in [-0.05, 0) is 53.6 Å². The number of nitrogens with one attached hydrogen (secondary N) is 1. The van der Waals surface area contributed by atoms with Gasteiger partial charge < -0.3 is 9.72 Å². The Hall–Kier alpha value is -3.53. The Morgan fingerprint density at radius 3 is 2.33 bits per heavy atom. The minimum absolute atomic E-state index is 0.137. The zero-order chi connectivity index (χ0) is 19.6. The standard InChI is InChI=1S/C20H13F3N2O2/c1-27-15-7-5-12(6-8-15)18-10-16(17(11-24)19(26)25-18)13-3-2-4-14(9-13)20(21,22)23/h2-10H,1H3,(H,25,26). The lowest BCUT2D eigenvalue weighted by Crippen LogP contribution is -2.13. The third kappa shape index (κ3) is 3.70. The van der Waals surface area contributed by atoms with E-state index < -0.39 is 17.3 Å². The molecule has 7 heteroatoms. The predicted octanol–water partition coefficient (Wildman–Crippen LogP) is 4.61. The van der Waals surface area contributed by atoms with Gasteiger partial charge in [-0.2, -0.15) is 18.4 Å². The summed E-state index contributed by atoms with van der Waals surface area (Å²) in [6.45, 7) is 0. The first-order chi connectivity index (χ1) is 12.8. The van der Waals surface area contributed by atoms with Crippen LogP contribution in [0.3, 0.4) is 0 Å². The summed E-state index contributed by atoms with van der Waals surface area (Å²) < 4.78 is 44.1. The largest absolute Gasteiger partial charge is 0.497 e. The number of halogens is 3. The molecule has 0 amide bonds. The molecular weight excluding hydrogens is 357 g/mol. The second-order valence-electron chi connectivity index (χ2n) is 5.72. The molecule has 0 saturated heterocycles. The molecule has 1 N–H and O–H groups in total. The van der Waals surface area contributed by atoms with Crippen molar-refractivity contribution in [2.45, 2.75) is 6.18 Å². The first kappa shape index (κ1) is 18.3. The van der Waals surface area contributed by atoms with Crippen molar-refractivity contribution in [1.82, 2.24) is 4.98 Å². The summed E-state index contributed by atoms with van der Waals surface area (Å²) in [7, 11) is 1.52. The molecule has 27 heavy (non-hydrogen) atoms. The molecule has 3 aromatic rings. The van der Waals surface area contributed by atoms with E-state index in [0.717, 1.165) is 12.1 Å². The van der Waals surface area contributed by atoms with E-state index in [1.54, 1.807) is 30.3 Å². The van der Waals surface area contributed by atoms with Gasteiger partial charge in [0.1, 0.15) is 17.4 Å². The van der Waals surface area contributed by atoms with Gasteiger partial charge in [0.2, 0.25) is 0 Å². The second kappa shape index (κ2) is 7.00. The van der Waals surface area contributed by atoms with E-state index in [9.17, 15) is 23.2 Å². The maximum absolute atomic E-state index is 13.0. The lowest BCUT2D eigenvalue weighted by Gasteiger charge is -2.11. The van der Waals surface area contributed by atoms with Crippen LogP contribution in [0.1, 0.15) is 11.1 Å². The van der Waals surface area contributed by atoms with Crippen LogP contribution >= 0.6 is 0 Å². The van der Waals surface area contributed by atoms with Gasteiger partial charge in [-0.25, -0.2) is 0 Å². The van der Waals surface area contributed by atoms with E-state index >= 15 is 0 Å². The van der Waals surface area contributed by atoms with Crippen molar-refractivity contribution in [2.24, 2.45) is 0 Å². The Morgan fingerprint density at radius 1 is 1.04 bits per heavy atom. The quantitative estimate of drug-likeness (QED) is 0.732. The molecule has 0 aliphatic carbocycles. The number of rotatable bonds is 3. The van der Waals surface area contributed by atoms with E-state index in [0.29, 0.717) is 17.0 Å². The number of ether oxygens (including phenoxy) is 1. The van der Waals surface area contributed by atoms with Crippen molar-refractivity contribution in [3.63, 3.8) is 0 Å². The van der Waals surface area contributed by atoms with Crippen molar-refractivity contribution in [2.75, 3.05) is 7.11 Å². The number of nitrogens with zero attached hydrogens (tertiary/aromatic N) is 1. The van der Waals surface area contributed by atoms with Gasteiger partial charge in [-0.15, -0.1) is 0 Å². The topological polar surface area (TPSA) is 65.9 Å². The zero-order valence-electron chi connectivity index (χ0n) is 14.1. The Morgan fingerprint density at radius 2 is 1.74 bits per heavy atom. The number of benzene rings is 2. The third-order valence-electron chi connectivity index (χ3n) is 4.05. The average molecular weight is 370 g/mol. The second-order valence-corrected chi connectivity index (χ2v) is 5.72. The van der Waals surface area contributed by atoms with Crippen LogP contribution in [-0.4, -0.2) is 12.1 Å². The summed E-state index contributed by atoms with van der Waals surface area (Å²) >= 11 is 0. The average Bonchev–Trinajstić information content (AvgIpc) is 2.67. The molecule has 0 radical (unpaired) electrons. The molecule has 0 saturated carbocycles. The van der Waals surface area contributed by atoms with Gasteiger partial charge in [0.05, 0.1) is 12.7 Å². The fourth-order valence-corrected chi connectivity index (χ4v) is 2.69. The number of H-pyrrole nitrogens is 1. The lowest BCUT2D eigenvalue weighted by molar-refractivity contribution is -0.137. The smallest absolute Gasteiger partial charge is 0.416 e. The monoisotopic (exact) mass is 370 g/mol. The molecule has 136 valence electrons. The molecule has 0 aliphatic rings. The molecule has 3 rings (SSSR count). The Labute approximate surface area is 152 Å². The van der Waals surface area contributed by atoms with Crippen molar-refractivity contribution in [3.05, 3.63) is 76.1 Å². The highest BCUT2D eigenvalue weighted by Crippen LogP contribution is 2.33. The first-order valence-electron chi connectivity index (χ1n) is 7.83. The number of aromatic amines is 1. The van der Waals surface area contributed by atoms with E-state index in [2.05, 4.69) is 4.98 Å². The molecule has 1 heterocycles. The van der Waals surface area contributed by atoms with E-state index in [1.165, 1.54) is 25.3 Å². The van der Waals surface area contributed by atoms with Crippen LogP contribution in [0.2, 0.25) is 0 Å². The zero-order valence-corrected chi connectivity index (χ0v) is 14.1. The summed E-state index contributed by atoms with van der Waals surface area (Å²) in [6, 6.07) is 14.6. The van der Waals surface area contributed by atoms with Gasteiger partial charge in [-0.3, -0.25) is 4.79 Å². The van der Waals surface area contributed by atoms with Gasteiger partial charge in [0.15, 0.2) is 0 Å². The molecule has 0 bridgehead atoms. The molecule has 0 unspecified atom stereocenters. The summed E-state index contributed by atoms with van der Waals surface area (Å²) in [5.41, 5.74) is -0.472. The number of hydrogen-bond donors (Lipinski definition) is 1. The normalized spacial score (nSPS) is 11.1. The number of aromatic nitrogens is 1. The predicted molar refractivity (Wildman–Crippen MR) is 94.2 cm³/mol. The SMILES string of the molecule is COc1ccc(-c2cc(-c3cccc(C(F)(F)F)c3)c(C#N)c(=O)[nH]2)cc1. The van der Waals surface area contributed by atoms with Crippen LogP contribution in [0, 0.1) is 11.3 Å². The fourth-order valence-electron chi connectivity index (χ4n) is 2.69. The fraction of sp³-hybridized carbons (Fsp3) is 0.100. The minimum Gasteiger partial charge on any atom is -0.497 e. The van der Waals surface area contributed by atoms with Crippen molar-refractivity contribution < 1.29 is 17.9 Å². The number of alkyl halides is 3. The molecule has 0 fully saturated rings. The highest BCUT2D eigenvalue weighted by molar-refractivity contribution is 5.75.